The number of ether oxygens (including phenoxy) is 5. The molecule has 2 rings (SSSR count). The second kappa shape index (κ2) is 16.0. The van der Waals surface area contributed by atoms with Gasteiger partial charge in [-0.25, -0.2) is 4.79 Å². The first-order chi connectivity index (χ1) is 17.4. The van der Waals surface area contributed by atoms with Crippen LogP contribution in [0.3, 0.4) is 0 Å². The molecule has 0 aliphatic carbocycles. The summed E-state index contributed by atoms with van der Waals surface area (Å²) in [6.07, 6.45) is 10.1. The van der Waals surface area contributed by atoms with E-state index in [4.69, 9.17) is 23.7 Å². The highest BCUT2D eigenvalue weighted by Crippen LogP contribution is 2.27. The van der Waals surface area contributed by atoms with E-state index in [1.165, 1.54) is 20.3 Å². The molecule has 0 spiro atoms. The van der Waals surface area contributed by atoms with Crippen LogP contribution in [0.25, 0.3) is 6.08 Å². The number of carbonyl (C=O) groups is 2. The second-order valence-corrected chi connectivity index (χ2v) is 9.33. The van der Waals surface area contributed by atoms with Crippen molar-refractivity contribution in [1.29, 1.82) is 0 Å². The minimum absolute atomic E-state index is 0.0525. The van der Waals surface area contributed by atoms with Crippen LogP contribution in [-0.2, 0) is 28.5 Å². The Kier molecular flexibility index (Phi) is 13.1. The maximum atomic E-state index is 11.9. The van der Waals surface area contributed by atoms with Gasteiger partial charge in [0.25, 0.3) is 0 Å². The molecule has 0 bridgehead atoms. The molecular weight excluding hydrogens is 460 g/mol. The average molecular weight is 501 g/mol. The number of unbranched alkanes of at least 4 members (excludes halogenated alkanes) is 2. The van der Waals surface area contributed by atoms with E-state index in [0.717, 1.165) is 56.3 Å². The normalized spacial score (nSPS) is 15.7. The van der Waals surface area contributed by atoms with Crippen LogP contribution >= 0.6 is 0 Å². The zero-order valence-corrected chi connectivity index (χ0v) is 22.1. The first-order valence-electron chi connectivity index (χ1n) is 12.7. The van der Waals surface area contributed by atoms with Crippen LogP contribution in [0.15, 0.2) is 24.3 Å². The highest BCUT2D eigenvalue weighted by molar-refractivity contribution is 5.88. The minimum Gasteiger partial charge on any atom is -0.493 e. The van der Waals surface area contributed by atoms with Crippen LogP contribution in [-0.4, -0.2) is 52.3 Å². The number of carbonyl (C=O) groups excluding carboxylic acids is 2. The highest BCUT2D eigenvalue weighted by atomic mass is 16.7. The Balaban J connectivity index is 1.94. The first-order valence-corrected chi connectivity index (χ1v) is 12.7. The summed E-state index contributed by atoms with van der Waals surface area (Å²) in [7, 11) is 2.73. The average Bonchev–Trinajstić information content (AvgIpc) is 2.89. The molecule has 1 aliphatic rings. The van der Waals surface area contributed by atoms with Crippen molar-refractivity contribution < 1.29 is 33.3 Å². The van der Waals surface area contributed by atoms with E-state index in [1.54, 1.807) is 6.08 Å². The fraction of sp³-hybridized carbons (Fsp3) is 0.586. The third kappa shape index (κ3) is 10.4. The van der Waals surface area contributed by atoms with Gasteiger partial charge in [0.05, 0.1) is 26.2 Å². The van der Waals surface area contributed by atoms with Crippen molar-refractivity contribution in [1.82, 2.24) is 0 Å². The van der Waals surface area contributed by atoms with Gasteiger partial charge >= 0.3 is 11.9 Å². The van der Waals surface area contributed by atoms with E-state index in [9.17, 15) is 9.59 Å². The molecule has 0 saturated carbocycles. The van der Waals surface area contributed by atoms with Crippen LogP contribution in [0.4, 0.5) is 0 Å². The summed E-state index contributed by atoms with van der Waals surface area (Å²) in [4.78, 5) is 23.6. The van der Waals surface area contributed by atoms with Crippen molar-refractivity contribution in [3.8, 4) is 17.6 Å². The molecule has 1 saturated heterocycles. The standard InChI is InChI=1S/C29H40O7/c1-29(2,28(31)33-4)19-12-22-34-25-15-11-14-23(24(25)17-18-26(30)32-3)13-7-5-6-9-20-35-27-16-8-10-21-36-27/h11,14-15,17-18,27H,5-6,8-10,12,16,19-22H2,1-4H3. The Morgan fingerprint density at radius 2 is 1.94 bits per heavy atom. The SMILES string of the molecule is COC(=O)C=Cc1c(C#CCCCCOC2CCCCO2)cccc1OCCCC(C)(C)C(=O)OC. The van der Waals surface area contributed by atoms with Crippen LogP contribution in [0, 0.1) is 17.3 Å². The summed E-state index contributed by atoms with van der Waals surface area (Å²) >= 11 is 0. The fourth-order valence-corrected chi connectivity index (χ4v) is 3.78. The lowest BCUT2D eigenvalue weighted by atomic mass is 9.88. The number of hydrogen-bond donors (Lipinski definition) is 0. The fourth-order valence-electron chi connectivity index (χ4n) is 3.78. The summed E-state index contributed by atoms with van der Waals surface area (Å²) < 4.78 is 27.0. The van der Waals surface area contributed by atoms with E-state index in [0.29, 0.717) is 31.8 Å². The van der Waals surface area contributed by atoms with Gasteiger partial charge in [-0.3, -0.25) is 4.79 Å². The minimum atomic E-state index is -0.576. The first kappa shape index (κ1) is 29.4. The summed E-state index contributed by atoms with van der Waals surface area (Å²) in [6, 6.07) is 5.63. The van der Waals surface area contributed by atoms with E-state index in [2.05, 4.69) is 11.8 Å². The van der Waals surface area contributed by atoms with Crippen LogP contribution in [0.2, 0.25) is 0 Å². The Labute approximate surface area is 215 Å². The number of esters is 2. The Morgan fingerprint density at radius 1 is 1.11 bits per heavy atom. The van der Waals surface area contributed by atoms with Crippen molar-refractivity contribution in [2.75, 3.05) is 34.0 Å². The summed E-state index contributed by atoms with van der Waals surface area (Å²) in [5.41, 5.74) is 0.919. The molecule has 1 aromatic carbocycles. The van der Waals surface area contributed by atoms with Gasteiger partial charge < -0.3 is 23.7 Å². The molecular formula is C29H40O7. The van der Waals surface area contributed by atoms with Gasteiger partial charge in [0.15, 0.2) is 6.29 Å². The maximum absolute atomic E-state index is 11.9. The zero-order chi connectivity index (χ0) is 26.2. The zero-order valence-electron chi connectivity index (χ0n) is 22.1. The van der Waals surface area contributed by atoms with Crippen molar-refractivity contribution in [2.45, 2.75) is 71.5 Å². The third-order valence-corrected chi connectivity index (χ3v) is 5.96. The van der Waals surface area contributed by atoms with Gasteiger partial charge in [-0.15, -0.1) is 0 Å². The molecule has 198 valence electrons. The lowest BCUT2D eigenvalue weighted by molar-refractivity contribution is -0.162. The predicted octanol–water partition coefficient (Wildman–Crippen LogP) is 5.30. The summed E-state index contributed by atoms with van der Waals surface area (Å²) in [5, 5.41) is 0. The van der Waals surface area contributed by atoms with Gasteiger partial charge in [0.2, 0.25) is 0 Å². The Morgan fingerprint density at radius 3 is 2.67 bits per heavy atom. The van der Waals surface area contributed by atoms with Crippen molar-refractivity contribution in [2.24, 2.45) is 5.41 Å². The summed E-state index contributed by atoms with van der Waals surface area (Å²) in [5.74, 6) is 6.36. The topological polar surface area (TPSA) is 80.3 Å². The van der Waals surface area contributed by atoms with Crippen molar-refractivity contribution >= 4 is 18.0 Å². The quantitative estimate of drug-likeness (QED) is 0.157. The molecule has 1 unspecified atom stereocenters. The van der Waals surface area contributed by atoms with Crippen LogP contribution < -0.4 is 4.74 Å². The highest BCUT2D eigenvalue weighted by Gasteiger charge is 2.28. The molecule has 1 aromatic rings. The van der Waals surface area contributed by atoms with Crippen molar-refractivity contribution in [3.05, 3.63) is 35.4 Å². The summed E-state index contributed by atoms with van der Waals surface area (Å²) in [6.45, 7) is 5.60. The van der Waals surface area contributed by atoms with E-state index < -0.39 is 11.4 Å². The van der Waals surface area contributed by atoms with Gasteiger partial charge in [-0.05, 0) is 77.0 Å². The molecule has 0 amide bonds. The molecule has 1 atom stereocenters. The number of hydrogen-bond acceptors (Lipinski definition) is 7. The molecule has 36 heavy (non-hydrogen) atoms. The lowest BCUT2D eigenvalue weighted by Gasteiger charge is -2.22. The molecule has 0 N–H and O–H groups in total. The Hall–Kier alpha value is -2.82. The van der Waals surface area contributed by atoms with Crippen LogP contribution in [0.5, 0.6) is 5.75 Å². The molecule has 1 heterocycles. The van der Waals surface area contributed by atoms with Gasteiger partial charge in [0, 0.05) is 36.8 Å². The molecule has 1 fully saturated rings. The molecule has 0 radical (unpaired) electrons. The van der Waals surface area contributed by atoms with Gasteiger partial charge in [-0.2, -0.15) is 0 Å². The number of benzene rings is 1. The smallest absolute Gasteiger partial charge is 0.330 e. The molecule has 7 heteroatoms. The molecule has 0 aromatic heterocycles. The number of methoxy groups -OCH3 is 2. The Bertz CT molecular complexity index is 917. The molecule has 7 nitrogen and oxygen atoms in total. The van der Waals surface area contributed by atoms with Crippen LogP contribution in [0.1, 0.15) is 76.3 Å². The predicted molar refractivity (Wildman–Crippen MR) is 138 cm³/mol. The molecule has 1 aliphatic heterocycles. The number of rotatable bonds is 13. The van der Waals surface area contributed by atoms with E-state index in [1.807, 2.05) is 32.0 Å². The van der Waals surface area contributed by atoms with Gasteiger partial charge in [-0.1, -0.05) is 17.9 Å². The second-order valence-electron chi connectivity index (χ2n) is 9.33. The third-order valence-electron chi connectivity index (χ3n) is 5.96. The maximum Gasteiger partial charge on any atom is 0.330 e. The lowest BCUT2D eigenvalue weighted by Crippen LogP contribution is -2.26. The monoisotopic (exact) mass is 500 g/mol. The van der Waals surface area contributed by atoms with Crippen molar-refractivity contribution in [3.63, 3.8) is 0 Å². The van der Waals surface area contributed by atoms with E-state index in [-0.39, 0.29) is 12.3 Å². The largest absolute Gasteiger partial charge is 0.493 e. The van der Waals surface area contributed by atoms with E-state index >= 15 is 0 Å². The van der Waals surface area contributed by atoms with Gasteiger partial charge in [0.1, 0.15) is 5.75 Å².